The topological polar surface area (TPSA) is 12.0 Å². The number of rotatable bonds is 7. The average molecular weight is 243 g/mol. The van der Waals surface area contributed by atoms with Crippen LogP contribution in [0.5, 0.6) is 0 Å². The number of nitrogens with one attached hydrogen (secondary N) is 1. The molecular weight excluding hydrogens is 218 g/mol. The molecule has 1 aromatic carbocycles. The molecule has 0 bridgehead atoms. The smallest absolute Gasteiger partial charge is 0.0208 e. The van der Waals surface area contributed by atoms with E-state index in [1.54, 1.807) is 0 Å². The Morgan fingerprint density at radius 3 is 2.22 bits per heavy atom. The van der Waals surface area contributed by atoms with Gasteiger partial charge < -0.3 is 5.32 Å². The van der Waals surface area contributed by atoms with Crippen LogP contribution in [0.4, 0.5) is 0 Å². The van der Waals surface area contributed by atoms with Gasteiger partial charge in [-0.15, -0.1) is 0 Å². The van der Waals surface area contributed by atoms with Crippen LogP contribution in [0.3, 0.4) is 0 Å². The van der Waals surface area contributed by atoms with Gasteiger partial charge in [-0.05, 0) is 67.5 Å². The molecule has 0 aromatic heterocycles. The second-order valence-corrected chi connectivity index (χ2v) is 6.09. The lowest BCUT2D eigenvalue weighted by atomic mass is 9.97. The molecular formula is C17H25N. The monoisotopic (exact) mass is 243 g/mol. The lowest BCUT2D eigenvalue weighted by Crippen LogP contribution is -2.25. The van der Waals surface area contributed by atoms with Gasteiger partial charge in [-0.2, -0.15) is 0 Å². The minimum absolute atomic E-state index is 0.985. The molecule has 3 rings (SSSR count). The number of aryl methyl sites for hydroxylation is 1. The number of benzene rings is 1. The van der Waals surface area contributed by atoms with Gasteiger partial charge in [-0.25, -0.2) is 0 Å². The van der Waals surface area contributed by atoms with E-state index in [2.05, 4.69) is 36.5 Å². The fourth-order valence-electron chi connectivity index (χ4n) is 3.22. The highest BCUT2D eigenvalue weighted by molar-refractivity contribution is 5.26. The highest BCUT2D eigenvalue weighted by atomic mass is 14.9. The molecule has 1 N–H and O–H groups in total. The minimum Gasteiger partial charge on any atom is -0.312 e. The molecule has 98 valence electrons. The Kier molecular flexibility index (Phi) is 3.69. The van der Waals surface area contributed by atoms with Gasteiger partial charge in [0.25, 0.3) is 0 Å². The molecule has 1 aromatic rings. The normalized spacial score (nSPS) is 19.4. The lowest BCUT2D eigenvalue weighted by molar-refractivity contribution is 0.378. The van der Waals surface area contributed by atoms with Crippen molar-refractivity contribution in [2.24, 2.45) is 17.8 Å². The van der Waals surface area contributed by atoms with Crippen LogP contribution in [0.1, 0.15) is 43.7 Å². The summed E-state index contributed by atoms with van der Waals surface area (Å²) >= 11 is 0. The summed E-state index contributed by atoms with van der Waals surface area (Å²) in [6.45, 7) is 4.55. The predicted octanol–water partition coefficient (Wildman–Crippen LogP) is 3.77. The van der Waals surface area contributed by atoms with Crippen molar-refractivity contribution >= 4 is 0 Å². The van der Waals surface area contributed by atoms with E-state index in [0.717, 1.165) is 30.7 Å². The molecule has 0 unspecified atom stereocenters. The first-order valence-electron chi connectivity index (χ1n) is 7.66. The molecule has 0 spiro atoms. The highest BCUT2D eigenvalue weighted by Crippen LogP contribution is 2.48. The van der Waals surface area contributed by atoms with E-state index >= 15 is 0 Å². The lowest BCUT2D eigenvalue weighted by Gasteiger charge is -2.17. The molecule has 0 atom stereocenters. The van der Waals surface area contributed by atoms with Crippen LogP contribution < -0.4 is 5.32 Å². The van der Waals surface area contributed by atoms with Gasteiger partial charge in [0.05, 0.1) is 0 Å². The SMILES string of the molecule is CCc1ccccc1CNCC(C1CC1)C1CC1. The second-order valence-electron chi connectivity index (χ2n) is 6.09. The summed E-state index contributed by atoms with van der Waals surface area (Å²) in [5.41, 5.74) is 2.99. The molecule has 1 nitrogen and oxygen atoms in total. The Morgan fingerprint density at radius 2 is 1.67 bits per heavy atom. The summed E-state index contributed by atoms with van der Waals surface area (Å²) in [6, 6.07) is 8.85. The standard InChI is InChI=1S/C17H25N/c1-2-13-5-3-4-6-16(13)11-18-12-17(14-7-8-14)15-9-10-15/h3-6,14-15,17-18H,2,7-12H2,1H3. The number of hydrogen-bond donors (Lipinski definition) is 1. The van der Waals surface area contributed by atoms with Crippen LogP contribution >= 0.6 is 0 Å². The summed E-state index contributed by atoms with van der Waals surface area (Å²) in [5.74, 6) is 3.11. The van der Waals surface area contributed by atoms with Gasteiger partial charge in [0.15, 0.2) is 0 Å². The van der Waals surface area contributed by atoms with Crippen LogP contribution in [0.2, 0.25) is 0 Å². The zero-order chi connectivity index (χ0) is 12.4. The van der Waals surface area contributed by atoms with Crippen molar-refractivity contribution in [1.29, 1.82) is 0 Å². The van der Waals surface area contributed by atoms with Crippen molar-refractivity contribution in [2.45, 2.75) is 45.6 Å². The quantitative estimate of drug-likeness (QED) is 0.768. The first-order valence-corrected chi connectivity index (χ1v) is 7.66. The molecule has 1 heteroatoms. The first-order chi connectivity index (χ1) is 8.88. The molecule has 0 amide bonds. The van der Waals surface area contributed by atoms with Crippen molar-refractivity contribution in [3.05, 3.63) is 35.4 Å². The van der Waals surface area contributed by atoms with Crippen LogP contribution in [0, 0.1) is 17.8 Å². The van der Waals surface area contributed by atoms with E-state index in [4.69, 9.17) is 0 Å². The zero-order valence-electron chi connectivity index (χ0n) is 11.5. The maximum atomic E-state index is 3.72. The van der Waals surface area contributed by atoms with Gasteiger partial charge in [0.1, 0.15) is 0 Å². The van der Waals surface area contributed by atoms with E-state index < -0.39 is 0 Å². The van der Waals surface area contributed by atoms with Crippen molar-refractivity contribution in [3.8, 4) is 0 Å². The Hall–Kier alpha value is -0.820. The van der Waals surface area contributed by atoms with Crippen LogP contribution in [-0.2, 0) is 13.0 Å². The zero-order valence-corrected chi connectivity index (χ0v) is 11.5. The third-order valence-corrected chi connectivity index (χ3v) is 4.65. The van der Waals surface area contributed by atoms with Crippen LogP contribution in [0.15, 0.2) is 24.3 Å². The summed E-state index contributed by atoms with van der Waals surface area (Å²) in [5, 5.41) is 3.72. The van der Waals surface area contributed by atoms with E-state index in [0.29, 0.717) is 0 Å². The molecule has 2 fully saturated rings. The van der Waals surface area contributed by atoms with Crippen molar-refractivity contribution in [1.82, 2.24) is 5.32 Å². The Labute approximate surface area is 111 Å². The third-order valence-electron chi connectivity index (χ3n) is 4.65. The molecule has 18 heavy (non-hydrogen) atoms. The van der Waals surface area contributed by atoms with Crippen molar-refractivity contribution in [3.63, 3.8) is 0 Å². The van der Waals surface area contributed by atoms with Gasteiger partial charge in [-0.3, -0.25) is 0 Å². The molecule has 2 aliphatic rings. The van der Waals surface area contributed by atoms with Crippen LogP contribution in [-0.4, -0.2) is 6.54 Å². The summed E-state index contributed by atoms with van der Waals surface area (Å²) < 4.78 is 0. The predicted molar refractivity (Wildman–Crippen MR) is 76.5 cm³/mol. The van der Waals surface area contributed by atoms with Gasteiger partial charge in [0, 0.05) is 6.54 Å². The Morgan fingerprint density at radius 1 is 1.06 bits per heavy atom. The molecule has 2 saturated carbocycles. The minimum atomic E-state index is 0.985. The maximum absolute atomic E-state index is 3.72. The second kappa shape index (κ2) is 5.44. The first kappa shape index (κ1) is 12.2. The van der Waals surface area contributed by atoms with Crippen LogP contribution in [0.25, 0.3) is 0 Å². The largest absolute Gasteiger partial charge is 0.312 e. The molecule has 0 radical (unpaired) electrons. The fraction of sp³-hybridized carbons (Fsp3) is 0.647. The molecule has 2 aliphatic carbocycles. The summed E-state index contributed by atoms with van der Waals surface area (Å²) in [6.07, 6.45) is 7.12. The van der Waals surface area contributed by atoms with Crippen molar-refractivity contribution < 1.29 is 0 Å². The molecule has 0 aliphatic heterocycles. The Balaban J connectivity index is 1.51. The van der Waals surface area contributed by atoms with E-state index in [-0.39, 0.29) is 0 Å². The Bertz CT molecular complexity index is 378. The van der Waals surface area contributed by atoms with Gasteiger partial charge in [-0.1, -0.05) is 31.2 Å². The maximum Gasteiger partial charge on any atom is 0.0208 e. The van der Waals surface area contributed by atoms with Gasteiger partial charge >= 0.3 is 0 Å². The molecule has 0 saturated heterocycles. The van der Waals surface area contributed by atoms with Crippen molar-refractivity contribution in [2.75, 3.05) is 6.54 Å². The highest BCUT2D eigenvalue weighted by Gasteiger charge is 2.40. The van der Waals surface area contributed by atoms with Gasteiger partial charge in [0.2, 0.25) is 0 Å². The third kappa shape index (κ3) is 2.95. The molecule has 0 heterocycles. The van der Waals surface area contributed by atoms with E-state index in [9.17, 15) is 0 Å². The summed E-state index contributed by atoms with van der Waals surface area (Å²) in [4.78, 5) is 0. The average Bonchev–Trinajstić information content (AvgIpc) is 3.28. The number of hydrogen-bond acceptors (Lipinski definition) is 1. The fourth-order valence-corrected chi connectivity index (χ4v) is 3.22. The summed E-state index contributed by atoms with van der Waals surface area (Å²) in [7, 11) is 0. The van der Waals surface area contributed by atoms with E-state index in [1.807, 2.05) is 0 Å². The van der Waals surface area contributed by atoms with E-state index in [1.165, 1.54) is 43.4 Å².